The Labute approximate surface area is 72.4 Å². The third-order valence-corrected chi connectivity index (χ3v) is 1.56. The van der Waals surface area contributed by atoms with Crippen LogP contribution in [0.25, 0.3) is 0 Å². The molecular weight excluding hydrogens is 152 g/mol. The standard InChI is InChI=1S/C9H14N2O/c1-8(2)3-4-11-5-9(6-12)10-7-11/h3,5,7,12H,4,6H2,1-2H3. The van der Waals surface area contributed by atoms with Crippen LogP contribution in [0.5, 0.6) is 0 Å². The van der Waals surface area contributed by atoms with Crippen molar-refractivity contribution in [1.82, 2.24) is 9.55 Å². The molecule has 0 amide bonds. The summed E-state index contributed by atoms with van der Waals surface area (Å²) < 4.78 is 1.94. The van der Waals surface area contributed by atoms with E-state index in [0.717, 1.165) is 12.2 Å². The molecule has 1 aromatic rings. The zero-order valence-corrected chi connectivity index (χ0v) is 7.49. The molecule has 1 rings (SSSR count). The largest absolute Gasteiger partial charge is 0.390 e. The summed E-state index contributed by atoms with van der Waals surface area (Å²) in [4.78, 5) is 4.00. The zero-order chi connectivity index (χ0) is 8.97. The molecule has 0 bridgehead atoms. The van der Waals surface area contributed by atoms with Crippen molar-refractivity contribution >= 4 is 0 Å². The van der Waals surface area contributed by atoms with Crippen molar-refractivity contribution in [3.63, 3.8) is 0 Å². The molecule has 0 radical (unpaired) electrons. The second-order valence-corrected chi connectivity index (χ2v) is 3.00. The lowest BCUT2D eigenvalue weighted by Crippen LogP contribution is -1.90. The van der Waals surface area contributed by atoms with Gasteiger partial charge in [-0.15, -0.1) is 0 Å². The van der Waals surface area contributed by atoms with Gasteiger partial charge in [0.2, 0.25) is 0 Å². The van der Waals surface area contributed by atoms with Crippen LogP contribution in [0.2, 0.25) is 0 Å². The van der Waals surface area contributed by atoms with Crippen LogP contribution >= 0.6 is 0 Å². The van der Waals surface area contributed by atoms with Crippen molar-refractivity contribution in [3.05, 3.63) is 29.9 Å². The van der Waals surface area contributed by atoms with Crippen LogP contribution in [0.1, 0.15) is 19.5 Å². The molecule has 0 aliphatic rings. The van der Waals surface area contributed by atoms with E-state index in [0.29, 0.717) is 0 Å². The number of aliphatic hydroxyl groups excluding tert-OH is 1. The number of aromatic nitrogens is 2. The fourth-order valence-corrected chi connectivity index (χ4v) is 0.876. The maximum absolute atomic E-state index is 8.74. The number of rotatable bonds is 3. The van der Waals surface area contributed by atoms with E-state index in [9.17, 15) is 0 Å². The van der Waals surface area contributed by atoms with E-state index in [1.807, 2.05) is 10.8 Å². The monoisotopic (exact) mass is 166 g/mol. The highest BCUT2D eigenvalue weighted by atomic mass is 16.3. The number of nitrogens with zero attached hydrogens (tertiary/aromatic N) is 2. The average Bonchev–Trinajstić information content (AvgIpc) is 2.48. The quantitative estimate of drug-likeness (QED) is 0.688. The predicted molar refractivity (Wildman–Crippen MR) is 47.6 cm³/mol. The van der Waals surface area contributed by atoms with Crippen LogP contribution in [0.15, 0.2) is 24.2 Å². The van der Waals surface area contributed by atoms with E-state index in [4.69, 9.17) is 5.11 Å². The lowest BCUT2D eigenvalue weighted by atomic mass is 10.3. The van der Waals surface area contributed by atoms with Gasteiger partial charge in [0.1, 0.15) is 0 Å². The highest BCUT2D eigenvalue weighted by Gasteiger charge is 1.93. The molecule has 3 nitrogen and oxygen atoms in total. The maximum atomic E-state index is 8.74. The summed E-state index contributed by atoms with van der Waals surface area (Å²) in [6.07, 6.45) is 5.69. The third-order valence-electron chi connectivity index (χ3n) is 1.56. The first kappa shape index (κ1) is 9.00. The van der Waals surface area contributed by atoms with Crippen LogP contribution in [0, 0.1) is 0 Å². The molecule has 0 saturated heterocycles. The topological polar surface area (TPSA) is 38.0 Å². The second-order valence-electron chi connectivity index (χ2n) is 3.00. The third kappa shape index (κ3) is 2.51. The number of allylic oxidation sites excluding steroid dienone is 2. The molecule has 3 heteroatoms. The molecule has 0 aliphatic carbocycles. The van der Waals surface area contributed by atoms with Gasteiger partial charge in [0.25, 0.3) is 0 Å². The highest BCUT2D eigenvalue weighted by molar-refractivity contribution is 4.98. The first-order chi connectivity index (χ1) is 5.72. The van der Waals surface area contributed by atoms with E-state index in [1.165, 1.54) is 5.57 Å². The fourth-order valence-electron chi connectivity index (χ4n) is 0.876. The molecule has 1 aromatic heterocycles. The molecule has 0 unspecified atom stereocenters. The number of aliphatic hydroxyl groups is 1. The van der Waals surface area contributed by atoms with Crippen molar-refractivity contribution in [2.45, 2.75) is 27.0 Å². The Balaban J connectivity index is 2.58. The predicted octanol–water partition coefficient (Wildman–Crippen LogP) is 1.34. The first-order valence-corrected chi connectivity index (χ1v) is 3.97. The van der Waals surface area contributed by atoms with Gasteiger partial charge >= 0.3 is 0 Å². The van der Waals surface area contributed by atoms with Crippen molar-refractivity contribution in [2.75, 3.05) is 0 Å². The lowest BCUT2D eigenvalue weighted by molar-refractivity contribution is 0.277. The molecule has 0 saturated carbocycles. The molecular formula is C9H14N2O. The molecule has 0 atom stereocenters. The van der Waals surface area contributed by atoms with Gasteiger partial charge in [-0.1, -0.05) is 11.6 Å². The van der Waals surface area contributed by atoms with Crippen LogP contribution in [0.3, 0.4) is 0 Å². The maximum Gasteiger partial charge on any atom is 0.0953 e. The molecule has 0 aliphatic heterocycles. The van der Waals surface area contributed by atoms with Gasteiger partial charge in [0, 0.05) is 12.7 Å². The summed E-state index contributed by atoms with van der Waals surface area (Å²) in [5.74, 6) is 0. The summed E-state index contributed by atoms with van der Waals surface area (Å²) in [7, 11) is 0. The van der Waals surface area contributed by atoms with E-state index >= 15 is 0 Å². The van der Waals surface area contributed by atoms with E-state index in [-0.39, 0.29) is 6.61 Å². The molecule has 66 valence electrons. The minimum absolute atomic E-state index is 0.0157. The van der Waals surface area contributed by atoms with Crippen LogP contribution < -0.4 is 0 Å². The van der Waals surface area contributed by atoms with Gasteiger partial charge in [-0.05, 0) is 13.8 Å². The summed E-state index contributed by atoms with van der Waals surface area (Å²) in [6, 6.07) is 0. The molecule has 1 N–H and O–H groups in total. The van der Waals surface area contributed by atoms with Gasteiger partial charge in [0.05, 0.1) is 18.6 Å². The molecule has 0 spiro atoms. The van der Waals surface area contributed by atoms with Crippen LogP contribution in [-0.2, 0) is 13.2 Å². The van der Waals surface area contributed by atoms with Crippen LogP contribution in [-0.4, -0.2) is 14.7 Å². The average molecular weight is 166 g/mol. The highest BCUT2D eigenvalue weighted by Crippen LogP contribution is 1.97. The smallest absolute Gasteiger partial charge is 0.0953 e. The lowest BCUT2D eigenvalue weighted by Gasteiger charge is -1.95. The Hall–Kier alpha value is -1.09. The van der Waals surface area contributed by atoms with Gasteiger partial charge in [0.15, 0.2) is 0 Å². The number of hydrogen-bond acceptors (Lipinski definition) is 2. The van der Waals surface area contributed by atoms with Gasteiger partial charge in [-0.3, -0.25) is 0 Å². The molecule has 1 heterocycles. The number of imidazole rings is 1. The van der Waals surface area contributed by atoms with Gasteiger partial charge in [-0.25, -0.2) is 4.98 Å². The van der Waals surface area contributed by atoms with Gasteiger partial charge in [-0.2, -0.15) is 0 Å². The minimum atomic E-state index is 0.0157. The van der Waals surface area contributed by atoms with Gasteiger partial charge < -0.3 is 9.67 Å². The van der Waals surface area contributed by atoms with Crippen LogP contribution in [0.4, 0.5) is 0 Å². The normalized spacial score (nSPS) is 9.92. The Morgan fingerprint density at radius 1 is 1.67 bits per heavy atom. The van der Waals surface area contributed by atoms with Crippen molar-refractivity contribution in [3.8, 4) is 0 Å². The van der Waals surface area contributed by atoms with Crippen molar-refractivity contribution in [2.24, 2.45) is 0 Å². The molecule has 0 aromatic carbocycles. The Bertz CT molecular complexity index is 272. The Morgan fingerprint density at radius 3 is 2.92 bits per heavy atom. The summed E-state index contributed by atoms with van der Waals surface area (Å²) in [5.41, 5.74) is 2.01. The first-order valence-electron chi connectivity index (χ1n) is 3.97. The second kappa shape index (κ2) is 4.07. The Kier molecular flexibility index (Phi) is 3.05. The minimum Gasteiger partial charge on any atom is -0.390 e. The van der Waals surface area contributed by atoms with Crippen molar-refractivity contribution in [1.29, 1.82) is 0 Å². The van der Waals surface area contributed by atoms with E-state index in [1.54, 1.807) is 6.33 Å². The summed E-state index contributed by atoms with van der Waals surface area (Å²) in [5, 5.41) is 8.74. The molecule has 12 heavy (non-hydrogen) atoms. The van der Waals surface area contributed by atoms with E-state index < -0.39 is 0 Å². The zero-order valence-electron chi connectivity index (χ0n) is 7.49. The summed E-state index contributed by atoms with van der Waals surface area (Å²) in [6.45, 7) is 4.96. The molecule has 0 fully saturated rings. The fraction of sp³-hybridized carbons (Fsp3) is 0.444. The SMILES string of the molecule is CC(C)=CCn1cnc(CO)c1. The van der Waals surface area contributed by atoms with Crippen molar-refractivity contribution < 1.29 is 5.11 Å². The Morgan fingerprint density at radius 2 is 2.42 bits per heavy atom. The number of hydrogen-bond donors (Lipinski definition) is 1. The summed E-state index contributed by atoms with van der Waals surface area (Å²) >= 11 is 0. The van der Waals surface area contributed by atoms with E-state index in [2.05, 4.69) is 24.9 Å².